The molecular weight excluding hydrogens is 246 g/mol. The van der Waals surface area contributed by atoms with E-state index in [0.29, 0.717) is 12.3 Å². The molecule has 0 aliphatic heterocycles. The normalized spacial score (nSPS) is 10.8. The van der Waals surface area contributed by atoms with E-state index in [1.165, 1.54) is 5.56 Å². The van der Waals surface area contributed by atoms with Crippen molar-refractivity contribution in [1.82, 2.24) is 4.98 Å². The molecule has 0 unspecified atom stereocenters. The molecule has 104 valence electrons. The van der Waals surface area contributed by atoms with Crippen molar-refractivity contribution in [1.29, 1.82) is 0 Å². The first-order valence-corrected chi connectivity index (χ1v) is 7.03. The molecule has 1 heterocycles. The fraction of sp³-hybridized carbons (Fsp3) is 0.333. The Balaban J connectivity index is 2.15. The van der Waals surface area contributed by atoms with Gasteiger partial charge in [0.15, 0.2) is 5.78 Å². The summed E-state index contributed by atoms with van der Waals surface area (Å²) in [6.07, 6.45) is 0.434. The fourth-order valence-corrected chi connectivity index (χ4v) is 2.28. The number of aryl methyl sites for hydroxylation is 2. The number of rotatable bonds is 4. The molecule has 20 heavy (non-hydrogen) atoms. The predicted octanol–water partition coefficient (Wildman–Crippen LogP) is 4.25. The zero-order valence-corrected chi connectivity index (χ0v) is 12.6. The van der Waals surface area contributed by atoms with Gasteiger partial charge in [-0.05, 0) is 43.0 Å². The molecule has 0 aliphatic carbocycles. The third-order valence-electron chi connectivity index (χ3n) is 3.54. The van der Waals surface area contributed by atoms with Crippen LogP contribution in [0.4, 0.5) is 0 Å². The van der Waals surface area contributed by atoms with E-state index in [1.807, 2.05) is 38.1 Å². The van der Waals surface area contributed by atoms with Gasteiger partial charge in [-0.2, -0.15) is 0 Å². The van der Waals surface area contributed by atoms with Crippen LogP contribution in [-0.2, 0) is 6.42 Å². The van der Waals surface area contributed by atoms with E-state index in [4.69, 9.17) is 0 Å². The number of carbonyl (C=O) groups is 1. The molecular formula is C18H21NO. The van der Waals surface area contributed by atoms with E-state index in [-0.39, 0.29) is 5.78 Å². The van der Waals surface area contributed by atoms with E-state index >= 15 is 0 Å². The third kappa shape index (κ3) is 3.32. The SMILES string of the molecule is Cc1ccc(C(=O)Cc2ccc(C(C)C)cc2)c(C)n1. The number of ketones is 1. The van der Waals surface area contributed by atoms with Crippen LogP contribution in [0.3, 0.4) is 0 Å². The number of hydrogen-bond acceptors (Lipinski definition) is 2. The Kier molecular flexibility index (Phi) is 4.33. The van der Waals surface area contributed by atoms with Gasteiger partial charge < -0.3 is 0 Å². The lowest BCUT2D eigenvalue weighted by Gasteiger charge is -2.08. The Hall–Kier alpha value is -1.96. The van der Waals surface area contributed by atoms with Gasteiger partial charge in [0, 0.05) is 23.4 Å². The van der Waals surface area contributed by atoms with Crippen LogP contribution in [-0.4, -0.2) is 10.8 Å². The van der Waals surface area contributed by atoms with Crippen molar-refractivity contribution in [3.8, 4) is 0 Å². The van der Waals surface area contributed by atoms with Gasteiger partial charge >= 0.3 is 0 Å². The second-order valence-corrected chi connectivity index (χ2v) is 5.58. The van der Waals surface area contributed by atoms with Crippen LogP contribution < -0.4 is 0 Å². The average molecular weight is 267 g/mol. The molecule has 0 amide bonds. The fourth-order valence-electron chi connectivity index (χ4n) is 2.28. The summed E-state index contributed by atoms with van der Waals surface area (Å²) in [5.74, 6) is 0.649. The van der Waals surface area contributed by atoms with Crippen molar-refractivity contribution in [2.24, 2.45) is 0 Å². The van der Waals surface area contributed by atoms with Gasteiger partial charge in [-0.3, -0.25) is 9.78 Å². The maximum atomic E-state index is 12.3. The molecule has 0 spiro atoms. The van der Waals surface area contributed by atoms with Crippen molar-refractivity contribution < 1.29 is 4.79 Å². The Morgan fingerprint density at radius 1 is 1.05 bits per heavy atom. The Bertz CT molecular complexity index is 612. The quantitative estimate of drug-likeness (QED) is 0.775. The summed E-state index contributed by atoms with van der Waals surface area (Å²) in [7, 11) is 0. The summed E-state index contributed by atoms with van der Waals surface area (Å²) < 4.78 is 0. The summed E-state index contributed by atoms with van der Waals surface area (Å²) >= 11 is 0. The van der Waals surface area contributed by atoms with Gasteiger partial charge in [-0.25, -0.2) is 0 Å². The molecule has 2 nitrogen and oxygen atoms in total. The molecule has 0 bridgehead atoms. The molecule has 2 aromatic rings. The van der Waals surface area contributed by atoms with Crippen LogP contribution in [0.15, 0.2) is 36.4 Å². The highest BCUT2D eigenvalue weighted by Crippen LogP contribution is 2.16. The summed E-state index contributed by atoms with van der Waals surface area (Å²) in [4.78, 5) is 16.7. The largest absolute Gasteiger partial charge is 0.294 e. The molecule has 0 aliphatic rings. The minimum absolute atomic E-state index is 0.132. The predicted molar refractivity (Wildman–Crippen MR) is 82.3 cm³/mol. The van der Waals surface area contributed by atoms with Crippen LogP contribution in [0.5, 0.6) is 0 Å². The maximum absolute atomic E-state index is 12.3. The Morgan fingerprint density at radius 3 is 2.25 bits per heavy atom. The number of benzene rings is 1. The first-order valence-electron chi connectivity index (χ1n) is 7.03. The number of aromatic nitrogens is 1. The highest BCUT2D eigenvalue weighted by molar-refractivity contribution is 5.98. The van der Waals surface area contributed by atoms with Crippen LogP contribution in [0.1, 0.15) is 52.6 Å². The minimum atomic E-state index is 0.132. The van der Waals surface area contributed by atoms with E-state index in [0.717, 1.165) is 22.5 Å². The molecule has 0 saturated carbocycles. The lowest BCUT2D eigenvalue weighted by atomic mass is 9.98. The van der Waals surface area contributed by atoms with Crippen LogP contribution in [0.25, 0.3) is 0 Å². The standard InChI is InChI=1S/C18H21NO/c1-12(2)16-8-6-15(7-9-16)11-18(20)17-10-5-13(3)19-14(17)4/h5-10,12H,11H2,1-4H3. The van der Waals surface area contributed by atoms with Crippen molar-refractivity contribution in [2.45, 2.75) is 40.0 Å². The van der Waals surface area contributed by atoms with Gasteiger partial charge in [0.25, 0.3) is 0 Å². The zero-order valence-electron chi connectivity index (χ0n) is 12.6. The summed E-state index contributed by atoms with van der Waals surface area (Å²) in [6, 6.07) is 12.1. The van der Waals surface area contributed by atoms with Crippen LogP contribution in [0, 0.1) is 13.8 Å². The smallest absolute Gasteiger partial charge is 0.169 e. The molecule has 0 fully saturated rings. The maximum Gasteiger partial charge on any atom is 0.169 e. The lowest BCUT2D eigenvalue weighted by molar-refractivity contribution is 0.0992. The van der Waals surface area contributed by atoms with Gasteiger partial charge in [-0.1, -0.05) is 38.1 Å². The summed E-state index contributed by atoms with van der Waals surface area (Å²) in [5.41, 5.74) is 4.84. The number of Topliss-reactive ketones (excluding diaryl/α,β-unsaturated/α-hetero) is 1. The number of nitrogens with zero attached hydrogens (tertiary/aromatic N) is 1. The van der Waals surface area contributed by atoms with Crippen molar-refractivity contribution in [3.05, 3.63) is 64.5 Å². The second kappa shape index (κ2) is 6.00. The minimum Gasteiger partial charge on any atom is -0.294 e. The molecule has 0 N–H and O–H groups in total. The molecule has 2 rings (SSSR count). The summed E-state index contributed by atoms with van der Waals surface area (Å²) in [5, 5.41) is 0. The number of hydrogen-bond donors (Lipinski definition) is 0. The molecule has 0 atom stereocenters. The van der Waals surface area contributed by atoms with Gasteiger partial charge in [0.2, 0.25) is 0 Å². The van der Waals surface area contributed by atoms with Crippen molar-refractivity contribution in [2.75, 3.05) is 0 Å². The first-order chi connectivity index (χ1) is 9.47. The van der Waals surface area contributed by atoms with Crippen LogP contribution in [0.2, 0.25) is 0 Å². The van der Waals surface area contributed by atoms with Gasteiger partial charge in [-0.15, -0.1) is 0 Å². The van der Waals surface area contributed by atoms with Gasteiger partial charge in [0.05, 0.1) is 0 Å². The second-order valence-electron chi connectivity index (χ2n) is 5.58. The lowest BCUT2D eigenvalue weighted by Crippen LogP contribution is -2.07. The first kappa shape index (κ1) is 14.4. The van der Waals surface area contributed by atoms with E-state index < -0.39 is 0 Å². The molecule has 2 heteroatoms. The van der Waals surface area contributed by atoms with Crippen LogP contribution >= 0.6 is 0 Å². The molecule has 1 aromatic heterocycles. The monoisotopic (exact) mass is 267 g/mol. The number of carbonyl (C=O) groups excluding carboxylic acids is 1. The zero-order chi connectivity index (χ0) is 14.7. The summed E-state index contributed by atoms with van der Waals surface area (Å²) in [6.45, 7) is 8.16. The van der Waals surface area contributed by atoms with Crippen molar-refractivity contribution in [3.63, 3.8) is 0 Å². The van der Waals surface area contributed by atoms with E-state index in [1.54, 1.807) is 0 Å². The van der Waals surface area contributed by atoms with E-state index in [2.05, 4.69) is 31.0 Å². The number of pyridine rings is 1. The van der Waals surface area contributed by atoms with Crippen molar-refractivity contribution >= 4 is 5.78 Å². The molecule has 0 saturated heterocycles. The third-order valence-corrected chi connectivity index (χ3v) is 3.54. The highest BCUT2D eigenvalue weighted by Gasteiger charge is 2.11. The topological polar surface area (TPSA) is 30.0 Å². The molecule has 0 radical (unpaired) electrons. The molecule has 1 aromatic carbocycles. The van der Waals surface area contributed by atoms with Gasteiger partial charge in [0.1, 0.15) is 0 Å². The Morgan fingerprint density at radius 2 is 1.70 bits per heavy atom. The highest BCUT2D eigenvalue weighted by atomic mass is 16.1. The Labute approximate surface area is 120 Å². The van der Waals surface area contributed by atoms with E-state index in [9.17, 15) is 4.79 Å². The average Bonchev–Trinajstić information content (AvgIpc) is 2.39.